The first-order chi connectivity index (χ1) is 9.74. The molecule has 0 saturated heterocycles. The SMILES string of the molecule is CCOC(=O)c1cccc(OP(=O)(N(C)C)N(C)C)c1C. The van der Waals surface area contributed by atoms with Gasteiger partial charge in [-0.15, -0.1) is 0 Å². The van der Waals surface area contributed by atoms with E-state index >= 15 is 0 Å². The van der Waals surface area contributed by atoms with Crippen LogP contribution < -0.4 is 4.52 Å². The summed E-state index contributed by atoms with van der Waals surface area (Å²) in [5, 5.41) is 0. The number of benzene rings is 1. The third-order valence-electron chi connectivity index (χ3n) is 3.01. The van der Waals surface area contributed by atoms with Crippen molar-refractivity contribution in [2.24, 2.45) is 0 Å². The minimum atomic E-state index is -3.16. The molecule has 1 aromatic rings. The van der Waals surface area contributed by atoms with Gasteiger partial charge >= 0.3 is 13.6 Å². The lowest BCUT2D eigenvalue weighted by Crippen LogP contribution is -2.24. The molecule has 0 bridgehead atoms. The average molecular weight is 314 g/mol. The highest BCUT2D eigenvalue weighted by atomic mass is 31.2. The molecular weight excluding hydrogens is 291 g/mol. The minimum Gasteiger partial charge on any atom is -0.462 e. The molecule has 1 rings (SSSR count). The molecule has 21 heavy (non-hydrogen) atoms. The van der Waals surface area contributed by atoms with Crippen molar-refractivity contribution < 1.29 is 18.6 Å². The van der Waals surface area contributed by atoms with Gasteiger partial charge in [0.25, 0.3) is 0 Å². The summed E-state index contributed by atoms with van der Waals surface area (Å²) in [5.41, 5.74) is 1.03. The smallest absolute Gasteiger partial charge is 0.394 e. The third-order valence-corrected chi connectivity index (χ3v) is 5.46. The summed E-state index contributed by atoms with van der Waals surface area (Å²) < 4.78 is 26.6. The van der Waals surface area contributed by atoms with Crippen molar-refractivity contribution in [3.05, 3.63) is 29.3 Å². The van der Waals surface area contributed by atoms with E-state index in [0.717, 1.165) is 0 Å². The van der Waals surface area contributed by atoms with Crippen molar-refractivity contribution in [2.75, 3.05) is 34.8 Å². The van der Waals surface area contributed by atoms with Crippen LogP contribution in [0.1, 0.15) is 22.8 Å². The Morgan fingerprint density at radius 1 is 1.19 bits per heavy atom. The highest BCUT2D eigenvalue weighted by molar-refractivity contribution is 7.54. The van der Waals surface area contributed by atoms with Gasteiger partial charge in [0.05, 0.1) is 12.2 Å². The Kier molecular flexibility index (Phi) is 5.96. The summed E-state index contributed by atoms with van der Waals surface area (Å²) in [7, 11) is 3.58. The Hall–Kier alpha value is -1.36. The van der Waals surface area contributed by atoms with Gasteiger partial charge in [-0.2, -0.15) is 0 Å². The van der Waals surface area contributed by atoms with Crippen molar-refractivity contribution in [3.63, 3.8) is 0 Å². The first-order valence-electron chi connectivity index (χ1n) is 6.66. The number of hydrogen-bond acceptors (Lipinski definition) is 4. The van der Waals surface area contributed by atoms with Crippen LogP contribution in [0.2, 0.25) is 0 Å². The quantitative estimate of drug-likeness (QED) is 0.594. The van der Waals surface area contributed by atoms with Crippen molar-refractivity contribution in [2.45, 2.75) is 13.8 Å². The van der Waals surface area contributed by atoms with Crippen LogP contribution in [0.5, 0.6) is 5.75 Å². The number of carbonyl (C=O) groups excluding carboxylic acids is 1. The second kappa shape index (κ2) is 7.07. The summed E-state index contributed by atoms with van der Waals surface area (Å²) in [6, 6.07) is 5.04. The van der Waals surface area contributed by atoms with Crippen LogP contribution in [0.3, 0.4) is 0 Å². The summed E-state index contributed by atoms with van der Waals surface area (Å²) in [6.07, 6.45) is 0. The van der Waals surface area contributed by atoms with Crippen LogP contribution in [-0.4, -0.2) is 50.1 Å². The highest BCUT2D eigenvalue weighted by Gasteiger charge is 2.32. The summed E-state index contributed by atoms with van der Waals surface area (Å²) in [4.78, 5) is 11.9. The van der Waals surface area contributed by atoms with Gasteiger partial charge in [-0.25, -0.2) is 18.7 Å². The van der Waals surface area contributed by atoms with Crippen molar-refractivity contribution in [1.82, 2.24) is 9.34 Å². The molecule has 0 N–H and O–H groups in total. The van der Waals surface area contributed by atoms with Gasteiger partial charge in [0, 0.05) is 5.56 Å². The number of rotatable bonds is 6. The Morgan fingerprint density at radius 3 is 2.24 bits per heavy atom. The molecule has 6 nitrogen and oxygen atoms in total. The lowest BCUT2D eigenvalue weighted by molar-refractivity contribution is 0.0525. The molecule has 0 heterocycles. The van der Waals surface area contributed by atoms with Crippen molar-refractivity contribution in [3.8, 4) is 5.75 Å². The molecule has 0 radical (unpaired) electrons. The van der Waals surface area contributed by atoms with E-state index in [2.05, 4.69) is 0 Å². The van der Waals surface area contributed by atoms with Crippen LogP contribution >= 0.6 is 7.67 Å². The first kappa shape index (κ1) is 17.7. The van der Waals surface area contributed by atoms with E-state index in [0.29, 0.717) is 23.5 Å². The van der Waals surface area contributed by atoms with Crippen molar-refractivity contribution in [1.29, 1.82) is 0 Å². The number of esters is 1. The Bertz CT molecular complexity index is 546. The Balaban J connectivity index is 3.18. The fourth-order valence-electron chi connectivity index (χ4n) is 1.79. The normalized spacial score (nSPS) is 11.8. The molecule has 0 aromatic heterocycles. The molecule has 0 unspecified atom stereocenters. The lowest BCUT2D eigenvalue weighted by Gasteiger charge is -2.30. The van der Waals surface area contributed by atoms with Gasteiger partial charge in [-0.3, -0.25) is 0 Å². The van der Waals surface area contributed by atoms with E-state index < -0.39 is 13.6 Å². The standard InChI is InChI=1S/C14H23N2O4P/c1-7-19-14(17)12-9-8-10-13(11(12)2)20-21(18,15(3)4)16(5)6/h8-10H,7H2,1-6H3. The minimum absolute atomic E-state index is 0.303. The molecule has 0 amide bonds. The molecule has 0 aliphatic heterocycles. The van der Waals surface area contributed by atoms with E-state index in [1.54, 1.807) is 60.2 Å². The van der Waals surface area contributed by atoms with Crippen LogP contribution in [0, 0.1) is 6.92 Å². The van der Waals surface area contributed by atoms with E-state index in [4.69, 9.17) is 9.26 Å². The topological polar surface area (TPSA) is 59.1 Å². The fraction of sp³-hybridized carbons (Fsp3) is 0.500. The van der Waals surface area contributed by atoms with E-state index in [9.17, 15) is 9.36 Å². The highest BCUT2D eigenvalue weighted by Crippen LogP contribution is 2.51. The van der Waals surface area contributed by atoms with Gasteiger partial charge in [0.2, 0.25) is 0 Å². The van der Waals surface area contributed by atoms with Gasteiger partial charge in [0.1, 0.15) is 5.75 Å². The Morgan fingerprint density at radius 2 is 1.76 bits per heavy atom. The maximum atomic E-state index is 12.9. The second-order valence-electron chi connectivity index (χ2n) is 4.93. The summed E-state index contributed by atoms with van der Waals surface area (Å²) >= 11 is 0. The van der Waals surface area contributed by atoms with Gasteiger partial charge < -0.3 is 9.26 Å². The largest absolute Gasteiger partial charge is 0.462 e. The van der Waals surface area contributed by atoms with Gasteiger partial charge in [-0.1, -0.05) is 6.07 Å². The molecule has 0 spiro atoms. The molecule has 0 aliphatic carbocycles. The van der Waals surface area contributed by atoms with E-state index in [1.807, 2.05) is 0 Å². The fourth-order valence-corrected chi connectivity index (χ4v) is 3.29. The first-order valence-corrected chi connectivity index (χ1v) is 8.19. The zero-order valence-corrected chi connectivity index (χ0v) is 14.3. The van der Waals surface area contributed by atoms with E-state index in [1.165, 1.54) is 9.34 Å². The maximum Gasteiger partial charge on any atom is 0.394 e. The summed E-state index contributed by atoms with van der Waals surface area (Å²) in [5.74, 6) is -0.00345. The number of carbonyl (C=O) groups is 1. The molecule has 1 aromatic carbocycles. The second-order valence-corrected chi connectivity index (χ2v) is 7.69. The zero-order valence-electron chi connectivity index (χ0n) is 13.4. The molecule has 0 aliphatic rings. The Labute approximate surface area is 126 Å². The number of hydrogen-bond donors (Lipinski definition) is 0. The van der Waals surface area contributed by atoms with Gasteiger partial charge in [0.15, 0.2) is 0 Å². The molecule has 7 heteroatoms. The number of ether oxygens (including phenoxy) is 1. The zero-order chi connectivity index (χ0) is 16.2. The van der Waals surface area contributed by atoms with Crippen LogP contribution in [0.4, 0.5) is 0 Å². The molecular formula is C14H23N2O4P. The third kappa shape index (κ3) is 3.84. The monoisotopic (exact) mass is 314 g/mol. The molecule has 0 saturated carbocycles. The van der Waals surface area contributed by atoms with Crippen LogP contribution in [-0.2, 0) is 9.30 Å². The molecule has 0 fully saturated rings. The number of nitrogens with zero attached hydrogens (tertiary/aromatic N) is 2. The predicted octanol–water partition coefficient (Wildman–Crippen LogP) is 2.78. The molecule has 0 atom stereocenters. The van der Waals surface area contributed by atoms with Crippen LogP contribution in [0.15, 0.2) is 18.2 Å². The average Bonchev–Trinajstić information content (AvgIpc) is 2.40. The van der Waals surface area contributed by atoms with Crippen LogP contribution in [0.25, 0.3) is 0 Å². The molecule has 118 valence electrons. The lowest BCUT2D eigenvalue weighted by atomic mass is 10.1. The predicted molar refractivity (Wildman–Crippen MR) is 82.7 cm³/mol. The maximum absolute atomic E-state index is 12.9. The summed E-state index contributed by atoms with van der Waals surface area (Å²) in [6.45, 7) is 3.80. The van der Waals surface area contributed by atoms with E-state index in [-0.39, 0.29) is 0 Å². The van der Waals surface area contributed by atoms with Crippen molar-refractivity contribution >= 4 is 13.6 Å². The van der Waals surface area contributed by atoms with Gasteiger partial charge in [-0.05, 0) is 54.2 Å².